The normalized spacial score (nSPS) is 20.8. The lowest BCUT2D eigenvalue weighted by molar-refractivity contribution is -0.223. The van der Waals surface area contributed by atoms with Crippen LogP contribution in [0.15, 0.2) is 96.3 Å². The van der Waals surface area contributed by atoms with E-state index in [4.69, 9.17) is 4.74 Å². The number of benzene rings is 2. The fourth-order valence-electron chi connectivity index (χ4n) is 7.91. The summed E-state index contributed by atoms with van der Waals surface area (Å²) in [4.78, 5) is 58.5. The zero-order valence-electron chi connectivity index (χ0n) is 31.6. The third kappa shape index (κ3) is 7.10. The maximum absolute atomic E-state index is 16.2. The summed E-state index contributed by atoms with van der Waals surface area (Å²) < 4.78 is 40.2. The molecule has 2 saturated heterocycles. The zero-order valence-corrected chi connectivity index (χ0v) is 32.5. The fourth-order valence-corrected chi connectivity index (χ4v) is 8.94. The van der Waals surface area contributed by atoms with E-state index < -0.39 is 54.3 Å². The van der Waals surface area contributed by atoms with Crippen molar-refractivity contribution in [1.82, 2.24) is 33.9 Å². The highest BCUT2D eigenvalue weighted by Gasteiger charge is 2.58. The van der Waals surface area contributed by atoms with Crippen molar-refractivity contribution < 1.29 is 28.2 Å². The van der Waals surface area contributed by atoms with Gasteiger partial charge in [0.05, 0.1) is 31.3 Å². The van der Waals surface area contributed by atoms with Crippen LogP contribution in [0.2, 0.25) is 0 Å². The maximum Gasteiger partial charge on any atom is 0.295 e. The van der Waals surface area contributed by atoms with Gasteiger partial charge in [0.15, 0.2) is 5.65 Å². The quantitative estimate of drug-likeness (QED) is 0.202. The number of amides is 2. The molecule has 2 fully saturated rings. The second-order valence-electron chi connectivity index (χ2n) is 14.8. The summed E-state index contributed by atoms with van der Waals surface area (Å²) in [5.41, 5.74) is 0.993. The van der Waals surface area contributed by atoms with E-state index in [2.05, 4.69) is 15.0 Å². The van der Waals surface area contributed by atoms with E-state index >= 15 is 8.78 Å². The van der Waals surface area contributed by atoms with Gasteiger partial charge in [-0.3, -0.25) is 23.9 Å². The number of alkyl halides is 2. The van der Waals surface area contributed by atoms with Gasteiger partial charge in [-0.2, -0.15) is 0 Å². The second kappa shape index (κ2) is 14.9. The third-order valence-electron chi connectivity index (χ3n) is 11.2. The van der Waals surface area contributed by atoms with Crippen LogP contribution in [0.4, 0.5) is 8.78 Å². The minimum Gasteiger partial charge on any atom is -0.497 e. The molecule has 12 nitrogen and oxygen atoms in total. The Balaban J connectivity index is 0.984. The highest BCUT2D eigenvalue weighted by atomic mass is 32.1. The highest BCUT2D eigenvalue weighted by molar-refractivity contribution is 7.17. The van der Waals surface area contributed by atoms with E-state index in [1.54, 1.807) is 66.2 Å². The van der Waals surface area contributed by atoms with Gasteiger partial charge in [0.25, 0.3) is 17.4 Å². The number of carbonyl (C=O) groups is 2. The van der Waals surface area contributed by atoms with Gasteiger partial charge < -0.3 is 24.2 Å². The molecule has 0 bridgehead atoms. The maximum atomic E-state index is 16.2. The lowest BCUT2D eigenvalue weighted by atomic mass is 9.78. The Labute approximate surface area is 331 Å². The van der Waals surface area contributed by atoms with Crippen molar-refractivity contribution in [1.29, 1.82) is 0 Å². The topological polar surface area (TPSA) is 136 Å². The SMILES string of the molecule is COc1ccc(-n2ccc3c(=O)n(CC4(O)CCN(C(=O)[C@@H]5CCN(C(=O)c6sc(-c7ccc(C)nc7)nc6C)C[C@H]5c5ccccc5)CC4(F)F)cnc32)cc1. The summed E-state index contributed by atoms with van der Waals surface area (Å²) >= 11 is 1.29. The molecule has 8 rings (SSSR count). The molecule has 0 radical (unpaired) electrons. The number of hydrogen-bond acceptors (Lipinski definition) is 9. The molecule has 2 amide bonds. The molecule has 6 heterocycles. The predicted molar refractivity (Wildman–Crippen MR) is 211 cm³/mol. The molecule has 1 unspecified atom stereocenters. The number of aryl methyl sites for hydroxylation is 2. The number of aromatic nitrogens is 5. The van der Waals surface area contributed by atoms with Crippen molar-refractivity contribution in [2.75, 3.05) is 33.3 Å². The molecule has 3 atom stereocenters. The third-order valence-corrected chi connectivity index (χ3v) is 12.4. The second-order valence-corrected chi connectivity index (χ2v) is 15.8. The number of likely N-dealkylation sites (tertiary alicyclic amines) is 2. The fraction of sp³-hybridized carbons (Fsp3) is 0.333. The van der Waals surface area contributed by atoms with Gasteiger partial charge in [-0.05, 0) is 68.3 Å². The number of methoxy groups -OCH3 is 1. The molecule has 294 valence electrons. The van der Waals surface area contributed by atoms with Gasteiger partial charge in [-0.25, -0.2) is 18.7 Å². The smallest absolute Gasteiger partial charge is 0.295 e. The number of aliphatic hydroxyl groups is 1. The van der Waals surface area contributed by atoms with Crippen molar-refractivity contribution in [3.63, 3.8) is 0 Å². The van der Waals surface area contributed by atoms with E-state index in [9.17, 15) is 19.5 Å². The molecule has 1 N–H and O–H groups in total. The number of fused-ring (bicyclic) bond motifs is 1. The van der Waals surface area contributed by atoms with E-state index in [0.717, 1.165) is 32.0 Å². The molecular weight excluding hydrogens is 753 g/mol. The zero-order chi connectivity index (χ0) is 40.1. The Morgan fingerprint density at radius 1 is 0.982 bits per heavy atom. The first-order valence-electron chi connectivity index (χ1n) is 18.7. The van der Waals surface area contributed by atoms with Gasteiger partial charge in [0.2, 0.25) is 5.91 Å². The molecule has 2 aromatic carbocycles. The van der Waals surface area contributed by atoms with E-state index in [1.807, 2.05) is 49.4 Å². The Kier molecular flexibility index (Phi) is 9.98. The van der Waals surface area contributed by atoms with Crippen LogP contribution in [-0.4, -0.2) is 95.6 Å². The Hall–Kier alpha value is -5.80. The van der Waals surface area contributed by atoms with E-state index in [1.165, 1.54) is 17.7 Å². The van der Waals surface area contributed by atoms with Crippen LogP contribution in [0.5, 0.6) is 5.75 Å². The number of nitrogens with zero attached hydrogens (tertiary/aromatic N) is 7. The summed E-state index contributed by atoms with van der Waals surface area (Å²) in [6.07, 6.45) is 4.38. The number of carbonyl (C=O) groups excluding carboxylic acids is 2. The van der Waals surface area contributed by atoms with Crippen molar-refractivity contribution in [2.24, 2.45) is 5.92 Å². The molecule has 0 saturated carbocycles. The number of ether oxygens (including phenoxy) is 1. The Morgan fingerprint density at radius 2 is 1.75 bits per heavy atom. The van der Waals surface area contributed by atoms with Crippen LogP contribution in [0.1, 0.15) is 45.4 Å². The first-order chi connectivity index (χ1) is 27.4. The van der Waals surface area contributed by atoms with Gasteiger partial charge in [0, 0.05) is 67.2 Å². The van der Waals surface area contributed by atoms with Gasteiger partial charge >= 0.3 is 0 Å². The van der Waals surface area contributed by atoms with Crippen LogP contribution in [-0.2, 0) is 11.3 Å². The van der Waals surface area contributed by atoms with Gasteiger partial charge in [-0.1, -0.05) is 30.3 Å². The molecule has 2 aliphatic heterocycles. The molecule has 0 spiro atoms. The first-order valence-corrected chi connectivity index (χ1v) is 19.5. The number of thiazole rings is 1. The summed E-state index contributed by atoms with van der Waals surface area (Å²) in [6.45, 7) is 2.30. The molecule has 57 heavy (non-hydrogen) atoms. The monoisotopic (exact) mass is 793 g/mol. The summed E-state index contributed by atoms with van der Waals surface area (Å²) in [5.74, 6) is -4.88. The van der Waals surface area contributed by atoms with Crippen LogP contribution < -0.4 is 10.3 Å². The number of piperidine rings is 2. The van der Waals surface area contributed by atoms with Crippen LogP contribution in [0, 0.1) is 19.8 Å². The molecule has 4 aromatic heterocycles. The van der Waals surface area contributed by atoms with E-state index in [-0.39, 0.29) is 37.3 Å². The molecule has 6 aromatic rings. The number of hydrogen-bond donors (Lipinski definition) is 1. The number of halogens is 2. The predicted octanol–water partition coefficient (Wildman–Crippen LogP) is 5.88. The largest absolute Gasteiger partial charge is 0.497 e. The number of pyridine rings is 1. The Morgan fingerprint density at radius 3 is 2.46 bits per heavy atom. The summed E-state index contributed by atoms with van der Waals surface area (Å²) in [5, 5.41) is 12.4. The minimum atomic E-state index is -3.75. The summed E-state index contributed by atoms with van der Waals surface area (Å²) in [6, 6.07) is 21.9. The minimum absolute atomic E-state index is 0.138. The number of rotatable bonds is 8. The average molecular weight is 794 g/mol. The highest BCUT2D eigenvalue weighted by Crippen LogP contribution is 2.41. The van der Waals surface area contributed by atoms with Crippen LogP contribution >= 0.6 is 11.3 Å². The first kappa shape index (κ1) is 38.1. The van der Waals surface area contributed by atoms with Crippen molar-refractivity contribution in [3.05, 3.63) is 124 Å². The van der Waals surface area contributed by atoms with Crippen LogP contribution in [0.25, 0.3) is 27.3 Å². The van der Waals surface area contributed by atoms with Crippen molar-refractivity contribution >= 4 is 34.2 Å². The van der Waals surface area contributed by atoms with Crippen molar-refractivity contribution in [2.45, 2.75) is 50.7 Å². The standard InChI is InChI=1S/C42H41F2N7O5S/c1-26-9-10-29(21-45-26)37-47-27(2)35(57-37)40(54)48-18-15-32(34(22-48)28-7-5-4-6-8-28)38(52)49-20-17-41(55,42(43,44)24-49)23-50-25-46-36-33(39(50)53)16-19-51(36)30-11-13-31(56-3)14-12-30/h4-14,16,19,21,25,32,34,55H,15,17-18,20,22-24H2,1-3H3/t32-,34+,41?/m1/s1. The lowest BCUT2D eigenvalue weighted by Crippen LogP contribution is -2.64. The van der Waals surface area contributed by atoms with Gasteiger partial charge in [0.1, 0.15) is 27.6 Å². The molecular formula is C42H41F2N7O5S. The van der Waals surface area contributed by atoms with Crippen LogP contribution in [0.3, 0.4) is 0 Å². The summed E-state index contributed by atoms with van der Waals surface area (Å²) in [7, 11) is 1.56. The van der Waals surface area contributed by atoms with Gasteiger partial charge in [-0.15, -0.1) is 11.3 Å². The molecule has 0 aliphatic carbocycles. The Bertz CT molecular complexity index is 2500. The lowest BCUT2D eigenvalue weighted by Gasteiger charge is -2.46. The average Bonchev–Trinajstić information content (AvgIpc) is 3.84. The molecule has 15 heteroatoms. The molecule has 2 aliphatic rings. The van der Waals surface area contributed by atoms with Crippen molar-refractivity contribution in [3.8, 4) is 22.0 Å². The van der Waals surface area contributed by atoms with E-state index in [0.29, 0.717) is 27.0 Å².